The van der Waals surface area contributed by atoms with Crippen LogP contribution in [-0.2, 0) is 14.6 Å². The van der Waals surface area contributed by atoms with E-state index in [-0.39, 0.29) is 18.8 Å². The number of rotatable bonds is 6. The predicted molar refractivity (Wildman–Crippen MR) is 67.2 cm³/mol. The van der Waals surface area contributed by atoms with Crippen molar-refractivity contribution in [3.8, 4) is 0 Å². The van der Waals surface area contributed by atoms with E-state index in [4.69, 9.17) is 5.11 Å². The van der Waals surface area contributed by atoms with Crippen LogP contribution in [-0.4, -0.2) is 61.1 Å². The molecule has 2 N–H and O–H groups in total. The fourth-order valence-corrected chi connectivity index (χ4v) is 1.82. The number of urea groups is 1. The number of aliphatic carboxylic acids is 1. The third-order valence-corrected chi connectivity index (χ3v) is 3.45. The second-order valence-electron chi connectivity index (χ2n) is 4.47. The number of likely N-dealkylation sites (N-methyl/N-ethyl adjacent to an activating group) is 1. The molecular weight excluding hydrogens is 260 g/mol. The number of nitrogens with one attached hydrogen (secondary N) is 1. The second kappa shape index (κ2) is 6.03. The number of nitrogens with zero attached hydrogens (tertiary/aromatic N) is 1. The van der Waals surface area contributed by atoms with E-state index >= 15 is 0 Å². The molecule has 0 saturated carbocycles. The number of carboxylic acids is 1. The molecule has 0 saturated heterocycles. The van der Waals surface area contributed by atoms with E-state index < -0.39 is 27.4 Å². The van der Waals surface area contributed by atoms with Crippen LogP contribution in [0.25, 0.3) is 0 Å². The Labute approximate surface area is 107 Å². The highest BCUT2D eigenvalue weighted by molar-refractivity contribution is 7.90. The Hall–Kier alpha value is -1.31. The number of carbonyl (C=O) groups is 2. The molecule has 7 nitrogen and oxygen atoms in total. The average molecular weight is 280 g/mol. The summed E-state index contributed by atoms with van der Waals surface area (Å²) in [5.74, 6) is -1.30. The van der Waals surface area contributed by atoms with Gasteiger partial charge in [-0.05, 0) is 20.8 Å². The molecule has 0 spiro atoms. The fourth-order valence-electron chi connectivity index (χ4n) is 1.35. The van der Waals surface area contributed by atoms with Crippen LogP contribution in [0.3, 0.4) is 0 Å². The van der Waals surface area contributed by atoms with Gasteiger partial charge in [-0.2, -0.15) is 0 Å². The first-order chi connectivity index (χ1) is 8.02. The summed E-state index contributed by atoms with van der Waals surface area (Å²) in [5, 5.41) is 11.4. The Kier molecular flexibility index (Phi) is 5.59. The molecule has 0 bridgehead atoms. The van der Waals surface area contributed by atoms with Gasteiger partial charge in [-0.15, -0.1) is 0 Å². The van der Waals surface area contributed by atoms with Crippen LogP contribution in [0.15, 0.2) is 0 Å². The summed E-state index contributed by atoms with van der Waals surface area (Å²) in [6.45, 7) is 4.65. The third kappa shape index (κ3) is 4.91. The lowest BCUT2D eigenvalue weighted by atomic mass is 10.0. The van der Waals surface area contributed by atoms with E-state index in [9.17, 15) is 18.0 Å². The molecule has 18 heavy (non-hydrogen) atoms. The molecule has 0 aromatic rings. The molecule has 0 atom stereocenters. The monoisotopic (exact) mass is 280 g/mol. The zero-order valence-corrected chi connectivity index (χ0v) is 11.9. The van der Waals surface area contributed by atoms with E-state index in [1.165, 1.54) is 13.8 Å². The quantitative estimate of drug-likeness (QED) is 0.708. The van der Waals surface area contributed by atoms with Crippen molar-refractivity contribution in [2.75, 3.05) is 25.1 Å². The smallest absolute Gasteiger partial charge is 0.329 e. The first-order valence-corrected chi connectivity index (χ1v) is 7.55. The van der Waals surface area contributed by atoms with Crippen molar-refractivity contribution in [2.45, 2.75) is 26.3 Å². The van der Waals surface area contributed by atoms with Gasteiger partial charge in [0.05, 0.1) is 5.75 Å². The van der Waals surface area contributed by atoms with Gasteiger partial charge in [0.25, 0.3) is 0 Å². The molecule has 0 aromatic heterocycles. The zero-order chi connectivity index (χ0) is 14.6. The standard InChI is InChI=1S/C10H20N2O5S/c1-5-12(10(2,3)8(13)14)9(15)11-6-7-18(4,16)17/h5-7H2,1-4H3,(H,11,15)(H,13,14). The van der Waals surface area contributed by atoms with E-state index in [1.54, 1.807) is 6.92 Å². The second-order valence-corrected chi connectivity index (χ2v) is 6.73. The Balaban J connectivity index is 4.60. The summed E-state index contributed by atoms with van der Waals surface area (Å²) in [4.78, 5) is 23.9. The van der Waals surface area contributed by atoms with Gasteiger partial charge in [-0.3, -0.25) is 0 Å². The summed E-state index contributed by atoms with van der Waals surface area (Å²) in [7, 11) is -3.15. The predicted octanol–water partition coefficient (Wildman–Crippen LogP) is -0.0743. The van der Waals surface area contributed by atoms with Gasteiger partial charge in [0.1, 0.15) is 15.4 Å². The van der Waals surface area contributed by atoms with Crippen LogP contribution in [0.5, 0.6) is 0 Å². The maximum atomic E-state index is 11.8. The summed E-state index contributed by atoms with van der Waals surface area (Å²) >= 11 is 0. The lowest BCUT2D eigenvalue weighted by Gasteiger charge is -2.34. The Morgan fingerprint density at radius 3 is 2.17 bits per heavy atom. The number of hydrogen-bond donors (Lipinski definition) is 2. The van der Waals surface area contributed by atoms with Crippen LogP contribution in [0.2, 0.25) is 0 Å². The summed E-state index contributed by atoms with van der Waals surface area (Å²) in [6, 6.07) is -0.589. The van der Waals surface area contributed by atoms with Crippen molar-refractivity contribution >= 4 is 21.8 Å². The Bertz CT molecular complexity index is 416. The van der Waals surface area contributed by atoms with Crippen LogP contribution in [0.4, 0.5) is 4.79 Å². The highest BCUT2D eigenvalue weighted by Gasteiger charge is 2.36. The summed E-state index contributed by atoms with van der Waals surface area (Å²) < 4.78 is 21.8. The van der Waals surface area contributed by atoms with Crippen LogP contribution in [0, 0.1) is 0 Å². The SMILES string of the molecule is CCN(C(=O)NCCS(C)(=O)=O)C(C)(C)C(=O)O. The van der Waals surface area contributed by atoms with Gasteiger partial charge in [-0.1, -0.05) is 0 Å². The van der Waals surface area contributed by atoms with Crippen LogP contribution < -0.4 is 5.32 Å². The van der Waals surface area contributed by atoms with Gasteiger partial charge >= 0.3 is 12.0 Å². The van der Waals surface area contributed by atoms with Crippen LogP contribution >= 0.6 is 0 Å². The van der Waals surface area contributed by atoms with Crippen molar-refractivity contribution < 1.29 is 23.1 Å². The lowest BCUT2D eigenvalue weighted by molar-refractivity contribution is -0.147. The van der Waals surface area contributed by atoms with Gasteiger partial charge in [0.2, 0.25) is 0 Å². The van der Waals surface area contributed by atoms with E-state index in [2.05, 4.69) is 5.32 Å². The molecule has 8 heteroatoms. The zero-order valence-electron chi connectivity index (χ0n) is 11.1. The maximum Gasteiger partial charge on any atom is 0.329 e. The third-order valence-electron chi connectivity index (χ3n) is 2.51. The number of carboxylic acid groups (broad SMARTS) is 1. The van der Waals surface area contributed by atoms with Crippen LogP contribution in [0.1, 0.15) is 20.8 Å². The van der Waals surface area contributed by atoms with E-state index in [0.717, 1.165) is 11.2 Å². The summed E-state index contributed by atoms with van der Waals surface area (Å²) in [6.07, 6.45) is 1.07. The average Bonchev–Trinajstić information content (AvgIpc) is 2.15. The molecule has 0 fully saturated rings. The van der Waals surface area contributed by atoms with Gasteiger partial charge in [-0.25, -0.2) is 18.0 Å². The molecule has 0 heterocycles. The molecule has 0 aliphatic carbocycles. The minimum absolute atomic E-state index is 0.0378. The Morgan fingerprint density at radius 1 is 1.33 bits per heavy atom. The number of carbonyl (C=O) groups excluding carboxylic acids is 1. The van der Waals surface area contributed by atoms with Crippen molar-refractivity contribution in [2.24, 2.45) is 0 Å². The molecule has 0 rings (SSSR count). The number of sulfone groups is 1. The van der Waals surface area contributed by atoms with Crippen molar-refractivity contribution in [1.29, 1.82) is 0 Å². The Morgan fingerprint density at radius 2 is 1.83 bits per heavy atom. The van der Waals surface area contributed by atoms with E-state index in [0.29, 0.717) is 0 Å². The molecular formula is C10H20N2O5S. The number of amides is 2. The van der Waals surface area contributed by atoms with Crippen molar-refractivity contribution in [3.05, 3.63) is 0 Å². The van der Waals surface area contributed by atoms with Gasteiger partial charge in [0.15, 0.2) is 0 Å². The highest BCUT2D eigenvalue weighted by atomic mass is 32.2. The molecule has 0 unspecified atom stereocenters. The molecule has 0 aromatic carbocycles. The molecule has 2 amide bonds. The molecule has 0 aliphatic rings. The normalized spacial score (nSPS) is 12.0. The number of hydrogen-bond acceptors (Lipinski definition) is 4. The summed E-state index contributed by atoms with van der Waals surface area (Å²) in [5.41, 5.74) is -1.34. The molecule has 0 aliphatic heterocycles. The van der Waals surface area contributed by atoms with Crippen molar-refractivity contribution in [1.82, 2.24) is 10.2 Å². The molecule has 0 radical (unpaired) electrons. The minimum Gasteiger partial charge on any atom is -0.480 e. The largest absolute Gasteiger partial charge is 0.480 e. The maximum absolute atomic E-state index is 11.8. The van der Waals surface area contributed by atoms with Gasteiger partial charge in [0, 0.05) is 19.3 Å². The highest BCUT2D eigenvalue weighted by Crippen LogP contribution is 2.14. The topological polar surface area (TPSA) is 104 Å². The molecule has 106 valence electrons. The lowest BCUT2D eigenvalue weighted by Crippen LogP contribution is -2.56. The van der Waals surface area contributed by atoms with E-state index in [1.807, 2.05) is 0 Å². The van der Waals surface area contributed by atoms with Gasteiger partial charge < -0.3 is 15.3 Å². The van der Waals surface area contributed by atoms with Crippen molar-refractivity contribution in [3.63, 3.8) is 0 Å². The first-order valence-electron chi connectivity index (χ1n) is 5.49. The fraction of sp³-hybridized carbons (Fsp3) is 0.800. The minimum atomic E-state index is -3.15. The first kappa shape index (κ1) is 16.7.